The Morgan fingerprint density at radius 2 is 2.07 bits per heavy atom. The van der Waals surface area contributed by atoms with Crippen molar-refractivity contribution in [3.8, 4) is 0 Å². The molecule has 2 aromatic rings. The second kappa shape index (κ2) is 4.45. The van der Waals surface area contributed by atoms with Crippen molar-refractivity contribution < 1.29 is 0 Å². The van der Waals surface area contributed by atoms with E-state index in [1.54, 1.807) is 6.20 Å². The van der Waals surface area contributed by atoms with E-state index < -0.39 is 0 Å². The highest BCUT2D eigenvalue weighted by Gasteiger charge is 2.03. The van der Waals surface area contributed by atoms with Crippen LogP contribution in [0.1, 0.15) is 22.2 Å². The lowest BCUT2D eigenvalue weighted by Gasteiger charge is -2.01. The molecule has 0 bridgehead atoms. The fourth-order valence-electron chi connectivity index (χ4n) is 1.48. The van der Waals surface area contributed by atoms with Gasteiger partial charge in [-0.25, -0.2) is 0 Å². The molecule has 0 aromatic carbocycles. The fraction of sp³-hybridized carbons (Fsp3) is 0.250. The zero-order valence-corrected chi connectivity index (χ0v) is 9.55. The van der Waals surface area contributed by atoms with E-state index in [4.69, 9.17) is 5.73 Å². The first-order chi connectivity index (χ1) is 7.29. The molecule has 0 spiro atoms. The topological polar surface area (TPSA) is 38.9 Å². The van der Waals surface area contributed by atoms with Gasteiger partial charge < -0.3 is 5.73 Å². The molecule has 78 valence electrons. The molecule has 0 aliphatic heterocycles. The SMILES string of the molecule is CCc1ccc(Cc2cnccc2N)s1. The molecule has 0 unspecified atom stereocenters. The maximum absolute atomic E-state index is 5.87. The summed E-state index contributed by atoms with van der Waals surface area (Å²) < 4.78 is 0. The number of pyridine rings is 1. The summed E-state index contributed by atoms with van der Waals surface area (Å²) in [7, 11) is 0. The number of anilines is 1. The molecule has 0 atom stereocenters. The normalized spacial score (nSPS) is 10.5. The Hall–Kier alpha value is -1.35. The van der Waals surface area contributed by atoms with E-state index in [0.717, 1.165) is 24.1 Å². The van der Waals surface area contributed by atoms with Gasteiger partial charge in [0.25, 0.3) is 0 Å². The summed E-state index contributed by atoms with van der Waals surface area (Å²) in [5.74, 6) is 0. The van der Waals surface area contributed by atoms with Crippen molar-refractivity contribution in [1.29, 1.82) is 0 Å². The average Bonchev–Trinajstić information content (AvgIpc) is 2.69. The summed E-state index contributed by atoms with van der Waals surface area (Å²) in [6.07, 6.45) is 5.57. The number of rotatable bonds is 3. The van der Waals surface area contributed by atoms with Crippen LogP contribution in [-0.4, -0.2) is 4.98 Å². The quantitative estimate of drug-likeness (QED) is 0.860. The molecular formula is C12H14N2S. The van der Waals surface area contributed by atoms with E-state index >= 15 is 0 Å². The Morgan fingerprint density at radius 3 is 2.73 bits per heavy atom. The first-order valence-corrected chi connectivity index (χ1v) is 5.87. The van der Waals surface area contributed by atoms with Crippen LogP contribution in [0.2, 0.25) is 0 Å². The Labute approximate surface area is 93.8 Å². The van der Waals surface area contributed by atoms with E-state index in [-0.39, 0.29) is 0 Å². The van der Waals surface area contributed by atoms with Gasteiger partial charge in [-0.15, -0.1) is 11.3 Å². The lowest BCUT2D eigenvalue weighted by Crippen LogP contribution is -1.94. The molecule has 0 saturated carbocycles. The number of nitrogen functional groups attached to an aromatic ring is 1. The molecule has 0 aliphatic rings. The molecule has 0 fully saturated rings. The van der Waals surface area contributed by atoms with Gasteiger partial charge in [0, 0.05) is 34.3 Å². The van der Waals surface area contributed by atoms with Crippen LogP contribution in [0.4, 0.5) is 5.69 Å². The molecule has 0 radical (unpaired) electrons. The zero-order valence-electron chi connectivity index (χ0n) is 8.73. The summed E-state index contributed by atoms with van der Waals surface area (Å²) in [5, 5.41) is 0. The van der Waals surface area contributed by atoms with Gasteiger partial charge in [0.15, 0.2) is 0 Å². The molecule has 2 rings (SSSR count). The van der Waals surface area contributed by atoms with Crippen LogP contribution in [0.25, 0.3) is 0 Å². The monoisotopic (exact) mass is 218 g/mol. The Kier molecular flexibility index (Phi) is 3.02. The molecule has 0 saturated heterocycles. The number of aromatic nitrogens is 1. The molecule has 0 aliphatic carbocycles. The van der Waals surface area contributed by atoms with Crippen molar-refractivity contribution in [2.24, 2.45) is 0 Å². The van der Waals surface area contributed by atoms with Crippen molar-refractivity contribution in [2.45, 2.75) is 19.8 Å². The molecule has 2 N–H and O–H groups in total. The molecule has 3 heteroatoms. The minimum absolute atomic E-state index is 0.830. The van der Waals surface area contributed by atoms with Crippen LogP contribution < -0.4 is 5.73 Å². The highest BCUT2D eigenvalue weighted by molar-refractivity contribution is 7.12. The summed E-state index contributed by atoms with van der Waals surface area (Å²) >= 11 is 1.85. The van der Waals surface area contributed by atoms with Crippen LogP contribution in [0.15, 0.2) is 30.6 Å². The van der Waals surface area contributed by atoms with Crippen LogP contribution in [0, 0.1) is 0 Å². The standard InChI is InChI=1S/C12H14N2S/c1-2-10-3-4-11(15-10)7-9-8-14-6-5-12(9)13/h3-6,8H,2,7H2,1H3,(H2,13,14). The molecule has 2 aromatic heterocycles. The highest BCUT2D eigenvalue weighted by Crippen LogP contribution is 2.22. The van der Waals surface area contributed by atoms with Crippen molar-refractivity contribution in [3.05, 3.63) is 45.9 Å². The highest BCUT2D eigenvalue weighted by atomic mass is 32.1. The number of nitrogens with two attached hydrogens (primary N) is 1. The van der Waals surface area contributed by atoms with Crippen LogP contribution in [-0.2, 0) is 12.8 Å². The lowest BCUT2D eigenvalue weighted by molar-refractivity contribution is 1.18. The third kappa shape index (κ3) is 2.36. The summed E-state index contributed by atoms with van der Waals surface area (Å²) in [4.78, 5) is 6.87. The van der Waals surface area contributed by atoms with Crippen molar-refractivity contribution in [1.82, 2.24) is 4.98 Å². The van der Waals surface area contributed by atoms with Crippen molar-refractivity contribution >= 4 is 17.0 Å². The van der Waals surface area contributed by atoms with Gasteiger partial charge in [0.05, 0.1) is 0 Å². The molecule has 2 heterocycles. The van der Waals surface area contributed by atoms with Gasteiger partial charge in [-0.05, 0) is 30.2 Å². The first kappa shape index (κ1) is 10.2. The van der Waals surface area contributed by atoms with Gasteiger partial charge in [-0.3, -0.25) is 4.98 Å². The van der Waals surface area contributed by atoms with Crippen molar-refractivity contribution in [2.75, 3.05) is 5.73 Å². The third-order valence-corrected chi connectivity index (χ3v) is 3.60. The van der Waals surface area contributed by atoms with Crippen LogP contribution in [0.5, 0.6) is 0 Å². The summed E-state index contributed by atoms with van der Waals surface area (Å²) in [6, 6.07) is 6.21. The van der Waals surface area contributed by atoms with E-state index in [2.05, 4.69) is 24.0 Å². The molecule has 2 nitrogen and oxygen atoms in total. The Balaban J connectivity index is 2.18. The average molecular weight is 218 g/mol. The number of hydrogen-bond donors (Lipinski definition) is 1. The van der Waals surface area contributed by atoms with Crippen LogP contribution >= 0.6 is 11.3 Å². The molecule has 0 amide bonds. The first-order valence-electron chi connectivity index (χ1n) is 5.05. The van der Waals surface area contributed by atoms with E-state index in [9.17, 15) is 0 Å². The van der Waals surface area contributed by atoms with Gasteiger partial charge in [0.1, 0.15) is 0 Å². The lowest BCUT2D eigenvalue weighted by atomic mass is 10.1. The minimum atomic E-state index is 0.830. The Morgan fingerprint density at radius 1 is 1.27 bits per heavy atom. The predicted octanol–water partition coefficient (Wildman–Crippen LogP) is 2.88. The van der Waals surface area contributed by atoms with Crippen LogP contribution in [0.3, 0.4) is 0 Å². The summed E-state index contributed by atoms with van der Waals surface area (Å²) in [6.45, 7) is 2.17. The maximum Gasteiger partial charge on any atom is 0.0381 e. The van der Waals surface area contributed by atoms with E-state index in [0.29, 0.717) is 0 Å². The number of nitrogens with zero attached hydrogens (tertiary/aromatic N) is 1. The number of thiophene rings is 1. The molecular weight excluding hydrogens is 204 g/mol. The van der Waals surface area contributed by atoms with Gasteiger partial charge >= 0.3 is 0 Å². The maximum atomic E-state index is 5.87. The number of aryl methyl sites for hydroxylation is 1. The fourth-order valence-corrected chi connectivity index (χ4v) is 2.46. The zero-order chi connectivity index (χ0) is 10.7. The van der Waals surface area contributed by atoms with Gasteiger partial charge in [-0.2, -0.15) is 0 Å². The Bertz CT molecular complexity index is 448. The largest absolute Gasteiger partial charge is 0.398 e. The second-order valence-corrected chi connectivity index (χ2v) is 4.73. The van der Waals surface area contributed by atoms with Gasteiger partial charge in [-0.1, -0.05) is 6.92 Å². The third-order valence-electron chi connectivity index (χ3n) is 2.37. The van der Waals surface area contributed by atoms with Gasteiger partial charge in [0.2, 0.25) is 0 Å². The van der Waals surface area contributed by atoms with E-state index in [1.165, 1.54) is 9.75 Å². The minimum Gasteiger partial charge on any atom is -0.398 e. The van der Waals surface area contributed by atoms with Crippen molar-refractivity contribution in [3.63, 3.8) is 0 Å². The number of hydrogen-bond acceptors (Lipinski definition) is 3. The second-order valence-electron chi connectivity index (χ2n) is 3.47. The predicted molar refractivity (Wildman–Crippen MR) is 65.2 cm³/mol. The smallest absolute Gasteiger partial charge is 0.0381 e. The molecule has 15 heavy (non-hydrogen) atoms. The summed E-state index contributed by atoms with van der Waals surface area (Å²) in [5.41, 5.74) is 7.82. The van der Waals surface area contributed by atoms with E-state index in [1.807, 2.05) is 23.6 Å².